The Morgan fingerprint density at radius 1 is 1.03 bits per heavy atom. The fraction of sp³-hybridized carbons (Fsp3) is 0.292. The Morgan fingerprint density at radius 3 is 2.45 bits per heavy atom. The Kier molecular flexibility index (Phi) is 7.19. The van der Waals surface area contributed by atoms with E-state index in [9.17, 15) is 14.4 Å². The monoisotopic (exact) mass is 463 g/mol. The van der Waals surface area contributed by atoms with Crippen LogP contribution < -0.4 is 16.3 Å². The van der Waals surface area contributed by atoms with E-state index in [1.54, 1.807) is 35.0 Å². The number of aromatic nitrogens is 3. The second kappa shape index (κ2) is 10.4. The Balaban J connectivity index is 1.46. The molecule has 0 unspecified atom stereocenters. The molecule has 0 radical (unpaired) electrons. The summed E-state index contributed by atoms with van der Waals surface area (Å²) in [6.07, 6.45) is 5.45. The van der Waals surface area contributed by atoms with Crippen LogP contribution in [0.15, 0.2) is 58.5 Å². The van der Waals surface area contributed by atoms with E-state index in [-0.39, 0.29) is 23.3 Å². The highest BCUT2D eigenvalue weighted by Crippen LogP contribution is 2.28. The molecule has 1 aliphatic rings. The van der Waals surface area contributed by atoms with E-state index in [1.807, 2.05) is 18.2 Å². The van der Waals surface area contributed by atoms with E-state index in [2.05, 4.69) is 20.6 Å². The molecule has 0 saturated heterocycles. The van der Waals surface area contributed by atoms with Gasteiger partial charge in [-0.15, -0.1) is 0 Å². The van der Waals surface area contributed by atoms with Crippen LogP contribution >= 0.6 is 11.8 Å². The van der Waals surface area contributed by atoms with E-state index >= 15 is 0 Å². The first kappa shape index (κ1) is 22.7. The second-order valence-electron chi connectivity index (χ2n) is 7.83. The minimum atomic E-state index is -0.308. The van der Waals surface area contributed by atoms with E-state index in [4.69, 9.17) is 0 Å². The fourth-order valence-corrected chi connectivity index (χ4v) is 4.73. The van der Waals surface area contributed by atoms with Gasteiger partial charge in [0.25, 0.3) is 0 Å². The van der Waals surface area contributed by atoms with Crippen LogP contribution in [0.5, 0.6) is 0 Å². The molecule has 0 atom stereocenters. The molecule has 4 rings (SSSR count). The normalized spacial score (nSPS) is 12.6. The van der Waals surface area contributed by atoms with Gasteiger partial charge in [0.2, 0.25) is 11.8 Å². The summed E-state index contributed by atoms with van der Waals surface area (Å²) < 4.78 is 1.72. The lowest BCUT2D eigenvalue weighted by molar-refractivity contribution is -0.114. The number of carbonyl (C=O) groups is 2. The third-order valence-electron chi connectivity index (χ3n) is 5.33. The van der Waals surface area contributed by atoms with Crippen molar-refractivity contribution < 1.29 is 9.59 Å². The van der Waals surface area contributed by atoms with Gasteiger partial charge in [-0.3, -0.25) is 19.1 Å². The molecule has 2 N–H and O–H groups in total. The van der Waals surface area contributed by atoms with Crippen LogP contribution in [-0.4, -0.2) is 32.1 Å². The van der Waals surface area contributed by atoms with Crippen molar-refractivity contribution in [3.8, 4) is 0 Å². The van der Waals surface area contributed by atoms with Gasteiger partial charge in [0.15, 0.2) is 0 Å². The van der Waals surface area contributed by atoms with Gasteiger partial charge in [0, 0.05) is 35.8 Å². The molecular formula is C24H25N5O3S. The minimum absolute atomic E-state index is 0.149. The predicted octanol–water partition coefficient (Wildman–Crippen LogP) is 3.25. The zero-order valence-corrected chi connectivity index (χ0v) is 19.2. The number of benzene rings is 1. The van der Waals surface area contributed by atoms with Crippen molar-refractivity contribution >= 4 is 35.0 Å². The molecule has 3 aromatic rings. The molecule has 33 heavy (non-hydrogen) atoms. The van der Waals surface area contributed by atoms with Crippen molar-refractivity contribution in [3.05, 3.63) is 76.1 Å². The van der Waals surface area contributed by atoms with Gasteiger partial charge in [-0.2, -0.15) is 4.98 Å². The Hall–Kier alpha value is -3.46. The summed E-state index contributed by atoms with van der Waals surface area (Å²) in [5.74, 6) is -0.186. The highest BCUT2D eigenvalue weighted by Gasteiger charge is 2.21. The van der Waals surface area contributed by atoms with Crippen molar-refractivity contribution in [2.24, 2.45) is 0 Å². The summed E-state index contributed by atoms with van der Waals surface area (Å²) in [7, 11) is 0. The van der Waals surface area contributed by atoms with Crippen LogP contribution in [-0.2, 0) is 29.0 Å². The van der Waals surface area contributed by atoms with Crippen molar-refractivity contribution in [1.29, 1.82) is 0 Å². The van der Waals surface area contributed by atoms with Gasteiger partial charge in [0.05, 0.1) is 18.0 Å². The number of amides is 2. The molecular weight excluding hydrogens is 438 g/mol. The number of pyridine rings is 1. The van der Waals surface area contributed by atoms with Crippen molar-refractivity contribution in [2.75, 3.05) is 16.4 Å². The standard InChI is InChI=1S/C24H25N5O3S/c1-16(30)26-17-9-11-18(12-10-17)27-22(31)15-33-23-20-7-2-3-8-21(20)29(24(32)28-23)14-19-6-4-5-13-25-19/h4-6,9-13H,2-3,7-8,14-15H2,1H3,(H,26,30)(H,27,31). The van der Waals surface area contributed by atoms with Gasteiger partial charge in [0.1, 0.15) is 5.03 Å². The molecule has 1 aliphatic carbocycles. The van der Waals surface area contributed by atoms with Gasteiger partial charge in [-0.1, -0.05) is 17.8 Å². The molecule has 2 amide bonds. The van der Waals surface area contributed by atoms with Crippen LogP contribution in [0.4, 0.5) is 11.4 Å². The number of nitrogens with zero attached hydrogens (tertiary/aromatic N) is 3. The molecule has 0 spiro atoms. The first-order valence-corrected chi connectivity index (χ1v) is 11.8. The van der Waals surface area contributed by atoms with Gasteiger partial charge >= 0.3 is 5.69 Å². The maximum Gasteiger partial charge on any atom is 0.349 e. The third-order valence-corrected chi connectivity index (χ3v) is 6.34. The average molecular weight is 464 g/mol. The molecule has 170 valence electrons. The van der Waals surface area contributed by atoms with Crippen LogP contribution in [0.1, 0.15) is 36.7 Å². The molecule has 0 bridgehead atoms. The predicted molar refractivity (Wildman–Crippen MR) is 129 cm³/mol. The summed E-state index contributed by atoms with van der Waals surface area (Å²) in [5.41, 5.74) is 3.88. The summed E-state index contributed by atoms with van der Waals surface area (Å²) in [4.78, 5) is 45.1. The highest BCUT2D eigenvalue weighted by molar-refractivity contribution is 8.00. The molecule has 1 aromatic carbocycles. The summed E-state index contributed by atoms with van der Waals surface area (Å²) in [6, 6.07) is 12.6. The van der Waals surface area contributed by atoms with Gasteiger partial charge in [-0.05, 0) is 62.1 Å². The number of anilines is 2. The molecule has 9 heteroatoms. The van der Waals surface area contributed by atoms with Crippen LogP contribution in [0, 0.1) is 0 Å². The van der Waals surface area contributed by atoms with Crippen LogP contribution in [0.2, 0.25) is 0 Å². The Morgan fingerprint density at radius 2 is 1.76 bits per heavy atom. The number of hydrogen-bond acceptors (Lipinski definition) is 6. The number of fused-ring (bicyclic) bond motifs is 1. The Bertz CT molecular complexity index is 1210. The summed E-state index contributed by atoms with van der Waals surface area (Å²) in [6.45, 7) is 1.84. The third kappa shape index (κ3) is 5.87. The molecule has 0 aliphatic heterocycles. The van der Waals surface area contributed by atoms with Crippen LogP contribution in [0.3, 0.4) is 0 Å². The summed E-state index contributed by atoms with van der Waals surface area (Å²) in [5, 5.41) is 6.17. The molecule has 0 fully saturated rings. The minimum Gasteiger partial charge on any atom is -0.326 e. The zero-order chi connectivity index (χ0) is 23.2. The maximum atomic E-state index is 12.8. The number of carbonyl (C=O) groups excluding carboxylic acids is 2. The number of nitrogens with one attached hydrogen (secondary N) is 2. The maximum absolute atomic E-state index is 12.8. The number of thioether (sulfide) groups is 1. The molecule has 0 saturated carbocycles. The Labute approximate surface area is 195 Å². The van der Waals surface area contributed by atoms with E-state index in [0.29, 0.717) is 22.9 Å². The van der Waals surface area contributed by atoms with Crippen molar-refractivity contribution in [1.82, 2.24) is 14.5 Å². The largest absolute Gasteiger partial charge is 0.349 e. The van der Waals surface area contributed by atoms with Crippen LogP contribution in [0.25, 0.3) is 0 Å². The molecule has 2 aromatic heterocycles. The average Bonchev–Trinajstić information content (AvgIpc) is 2.81. The first-order valence-electron chi connectivity index (χ1n) is 10.8. The van der Waals surface area contributed by atoms with E-state index in [0.717, 1.165) is 42.6 Å². The number of rotatable bonds is 7. The SMILES string of the molecule is CC(=O)Nc1ccc(NC(=O)CSc2nc(=O)n(Cc3ccccn3)c3c2CCCC3)cc1. The lowest BCUT2D eigenvalue weighted by atomic mass is 9.97. The van der Waals surface area contributed by atoms with Gasteiger partial charge < -0.3 is 10.6 Å². The second-order valence-corrected chi connectivity index (χ2v) is 8.80. The smallest absolute Gasteiger partial charge is 0.326 e. The molecule has 8 nitrogen and oxygen atoms in total. The van der Waals surface area contributed by atoms with Crippen molar-refractivity contribution in [2.45, 2.75) is 44.2 Å². The van der Waals surface area contributed by atoms with Crippen molar-refractivity contribution in [3.63, 3.8) is 0 Å². The first-order chi connectivity index (χ1) is 16.0. The van der Waals surface area contributed by atoms with E-state index in [1.165, 1.54) is 18.7 Å². The summed E-state index contributed by atoms with van der Waals surface area (Å²) >= 11 is 1.29. The quantitative estimate of drug-likeness (QED) is 0.412. The van der Waals surface area contributed by atoms with Gasteiger partial charge in [-0.25, -0.2) is 4.79 Å². The fourth-order valence-electron chi connectivity index (χ4n) is 3.86. The zero-order valence-electron chi connectivity index (χ0n) is 18.3. The highest BCUT2D eigenvalue weighted by atomic mass is 32.2. The lowest BCUT2D eigenvalue weighted by Gasteiger charge is -2.22. The molecule has 2 heterocycles. The lowest BCUT2D eigenvalue weighted by Crippen LogP contribution is -2.31. The number of hydrogen-bond donors (Lipinski definition) is 2. The topological polar surface area (TPSA) is 106 Å². The van der Waals surface area contributed by atoms with E-state index < -0.39 is 0 Å².